The molecule has 1 aromatic heterocycles. The number of nitrogens with zero attached hydrogens (tertiary/aromatic N) is 4. The molecule has 1 aromatic carbocycles. The van der Waals surface area contributed by atoms with E-state index >= 15 is 0 Å². The maximum Gasteiger partial charge on any atom is 0.417 e. The van der Waals surface area contributed by atoms with E-state index in [1.54, 1.807) is 4.90 Å². The predicted molar refractivity (Wildman–Crippen MR) is 95.9 cm³/mol. The first-order valence-electron chi connectivity index (χ1n) is 8.35. The summed E-state index contributed by atoms with van der Waals surface area (Å²) in [6.07, 6.45) is -3.84. The Morgan fingerprint density at radius 3 is 2.37 bits per heavy atom. The van der Waals surface area contributed by atoms with E-state index in [1.165, 1.54) is 5.56 Å². The average Bonchev–Trinajstić information content (AvgIpc) is 2.65. The minimum atomic E-state index is -4.53. The van der Waals surface area contributed by atoms with Gasteiger partial charge in [-0.1, -0.05) is 47.1 Å². The standard InChI is InChI=1S/C18H18ClF3N4O/c19-15-10-14(18(20,21)22)11-23-16(15)17(24-27)26-8-6-25(7-9-26)12-13-4-2-1-3-5-13/h1-5,10-11,27H,6-9,12H2/b24-17+. The van der Waals surface area contributed by atoms with Crippen LogP contribution in [0, 0.1) is 0 Å². The lowest BCUT2D eigenvalue weighted by Crippen LogP contribution is -2.48. The van der Waals surface area contributed by atoms with E-state index in [0.717, 1.165) is 12.6 Å². The van der Waals surface area contributed by atoms with Gasteiger partial charge in [-0.05, 0) is 11.6 Å². The number of rotatable bonds is 3. The van der Waals surface area contributed by atoms with Gasteiger partial charge >= 0.3 is 6.18 Å². The fourth-order valence-electron chi connectivity index (χ4n) is 2.98. The highest BCUT2D eigenvalue weighted by atomic mass is 35.5. The number of halogens is 4. The number of benzene rings is 1. The third-order valence-corrected chi connectivity index (χ3v) is 4.68. The Morgan fingerprint density at radius 1 is 1.15 bits per heavy atom. The van der Waals surface area contributed by atoms with Crippen LogP contribution in [0.3, 0.4) is 0 Å². The van der Waals surface area contributed by atoms with E-state index in [9.17, 15) is 18.4 Å². The molecule has 144 valence electrons. The smallest absolute Gasteiger partial charge is 0.409 e. The first kappa shape index (κ1) is 19.4. The Labute approximate surface area is 159 Å². The Hall–Kier alpha value is -2.32. The number of piperazine rings is 1. The molecule has 27 heavy (non-hydrogen) atoms. The number of alkyl halides is 3. The molecule has 1 N–H and O–H groups in total. The van der Waals surface area contributed by atoms with Crippen LogP contribution in [-0.4, -0.2) is 52.0 Å². The van der Waals surface area contributed by atoms with Crippen LogP contribution in [0.5, 0.6) is 0 Å². The maximum absolute atomic E-state index is 12.8. The molecular weight excluding hydrogens is 381 g/mol. The molecule has 0 atom stereocenters. The van der Waals surface area contributed by atoms with Crippen molar-refractivity contribution in [2.24, 2.45) is 5.16 Å². The van der Waals surface area contributed by atoms with E-state index in [1.807, 2.05) is 18.2 Å². The lowest BCUT2D eigenvalue weighted by Gasteiger charge is -2.35. The van der Waals surface area contributed by atoms with Gasteiger partial charge in [0.25, 0.3) is 0 Å². The zero-order valence-electron chi connectivity index (χ0n) is 14.3. The van der Waals surface area contributed by atoms with Gasteiger partial charge in [-0.15, -0.1) is 0 Å². The third-order valence-electron chi connectivity index (χ3n) is 4.40. The summed E-state index contributed by atoms with van der Waals surface area (Å²) in [5.41, 5.74) is 0.291. The lowest BCUT2D eigenvalue weighted by molar-refractivity contribution is -0.137. The molecule has 5 nitrogen and oxygen atoms in total. The first-order chi connectivity index (χ1) is 12.9. The molecule has 0 saturated carbocycles. The number of oxime groups is 1. The molecule has 3 rings (SSSR count). The van der Waals surface area contributed by atoms with Crippen molar-refractivity contribution in [2.45, 2.75) is 12.7 Å². The highest BCUT2D eigenvalue weighted by Gasteiger charge is 2.32. The van der Waals surface area contributed by atoms with Crippen molar-refractivity contribution in [3.05, 3.63) is 64.4 Å². The van der Waals surface area contributed by atoms with Crippen molar-refractivity contribution < 1.29 is 18.4 Å². The Balaban J connectivity index is 1.67. The molecule has 1 aliphatic rings. The molecule has 0 amide bonds. The number of hydrogen-bond acceptors (Lipinski definition) is 4. The molecule has 0 aliphatic carbocycles. The van der Waals surface area contributed by atoms with Gasteiger partial charge in [-0.3, -0.25) is 9.88 Å². The molecule has 0 radical (unpaired) electrons. The van der Waals surface area contributed by atoms with Crippen molar-refractivity contribution in [3.63, 3.8) is 0 Å². The highest BCUT2D eigenvalue weighted by Crippen LogP contribution is 2.31. The first-order valence-corrected chi connectivity index (χ1v) is 8.72. The topological polar surface area (TPSA) is 52.0 Å². The van der Waals surface area contributed by atoms with Crippen LogP contribution in [0.25, 0.3) is 0 Å². The quantitative estimate of drug-likeness (QED) is 0.370. The van der Waals surface area contributed by atoms with Crippen LogP contribution in [0.15, 0.2) is 47.8 Å². The summed E-state index contributed by atoms with van der Waals surface area (Å²) >= 11 is 5.97. The van der Waals surface area contributed by atoms with Crippen molar-refractivity contribution in [3.8, 4) is 0 Å². The molecule has 0 spiro atoms. The summed E-state index contributed by atoms with van der Waals surface area (Å²) in [6, 6.07) is 10.8. The number of hydrogen-bond donors (Lipinski definition) is 1. The van der Waals surface area contributed by atoms with Crippen molar-refractivity contribution >= 4 is 17.4 Å². The van der Waals surface area contributed by atoms with Gasteiger partial charge in [0, 0.05) is 38.9 Å². The molecule has 2 heterocycles. The summed E-state index contributed by atoms with van der Waals surface area (Å²) in [5.74, 6) is 0.0769. The van der Waals surface area contributed by atoms with Crippen molar-refractivity contribution in [2.75, 3.05) is 26.2 Å². The zero-order chi connectivity index (χ0) is 19.4. The summed E-state index contributed by atoms with van der Waals surface area (Å²) in [4.78, 5) is 7.80. The van der Waals surface area contributed by atoms with E-state index in [4.69, 9.17) is 11.6 Å². The molecule has 2 aromatic rings. The molecule has 9 heteroatoms. The van der Waals surface area contributed by atoms with Crippen molar-refractivity contribution in [1.29, 1.82) is 0 Å². The number of amidine groups is 1. The van der Waals surface area contributed by atoms with Gasteiger partial charge in [0.1, 0.15) is 5.69 Å². The molecule has 0 bridgehead atoms. The predicted octanol–water partition coefficient (Wildman–Crippen LogP) is 3.71. The van der Waals surface area contributed by atoms with Gasteiger partial charge in [-0.25, -0.2) is 0 Å². The molecule has 1 aliphatic heterocycles. The number of pyridine rings is 1. The molecular formula is C18H18ClF3N4O. The lowest BCUT2D eigenvalue weighted by atomic mass is 10.2. The van der Waals surface area contributed by atoms with Crippen LogP contribution >= 0.6 is 11.6 Å². The van der Waals surface area contributed by atoms with Crippen LogP contribution in [0.2, 0.25) is 5.02 Å². The summed E-state index contributed by atoms with van der Waals surface area (Å²) < 4.78 is 38.3. The maximum atomic E-state index is 12.8. The highest BCUT2D eigenvalue weighted by molar-refractivity contribution is 6.33. The van der Waals surface area contributed by atoms with Gasteiger partial charge < -0.3 is 10.1 Å². The van der Waals surface area contributed by atoms with Gasteiger partial charge in [0.15, 0.2) is 5.84 Å². The SMILES string of the molecule is O/N=C(\c1ncc(C(F)(F)F)cc1Cl)N1CCN(Cc2ccccc2)CC1. The van der Waals surface area contributed by atoms with Crippen LogP contribution in [-0.2, 0) is 12.7 Å². The Bertz CT molecular complexity index is 806. The monoisotopic (exact) mass is 398 g/mol. The average molecular weight is 399 g/mol. The largest absolute Gasteiger partial charge is 0.417 e. The van der Waals surface area contributed by atoms with Gasteiger partial charge in [-0.2, -0.15) is 13.2 Å². The normalized spacial score (nSPS) is 16.6. The second-order valence-corrected chi connectivity index (χ2v) is 6.63. The summed E-state index contributed by atoms with van der Waals surface area (Å²) in [6.45, 7) is 3.33. The fourth-order valence-corrected chi connectivity index (χ4v) is 3.23. The Morgan fingerprint density at radius 2 is 1.81 bits per heavy atom. The zero-order valence-corrected chi connectivity index (χ0v) is 15.1. The van der Waals surface area contributed by atoms with Crippen molar-refractivity contribution in [1.82, 2.24) is 14.8 Å². The van der Waals surface area contributed by atoms with Gasteiger partial charge in [0.05, 0.1) is 10.6 Å². The Kier molecular flexibility index (Phi) is 5.86. The van der Waals surface area contributed by atoms with Crippen LogP contribution in [0.1, 0.15) is 16.8 Å². The fraction of sp³-hybridized carbons (Fsp3) is 0.333. The summed E-state index contributed by atoms with van der Waals surface area (Å²) in [5, 5.41) is 12.4. The van der Waals surface area contributed by atoms with Gasteiger partial charge in [0.2, 0.25) is 0 Å². The third kappa shape index (κ3) is 4.70. The van der Waals surface area contributed by atoms with E-state index in [2.05, 4.69) is 27.2 Å². The second-order valence-electron chi connectivity index (χ2n) is 6.22. The molecule has 1 fully saturated rings. The molecule has 1 saturated heterocycles. The second kappa shape index (κ2) is 8.14. The molecule has 0 unspecified atom stereocenters. The van der Waals surface area contributed by atoms with E-state index in [-0.39, 0.29) is 16.6 Å². The van der Waals surface area contributed by atoms with Crippen LogP contribution in [0.4, 0.5) is 13.2 Å². The number of aromatic nitrogens is 1. The van der Waals surface area contributed by atoms with Crippen LogP contribution < -0.4 is 0 Å². The summed E-state index contributed by atoms with van der Waals surface area (Å²) in [7, 11) is 0. The minimum absolute atomic E-state index is 0.0312. The van der Waals surface area contributed by atoms with E-state index < -0.39 is 11.7 Å². The van der Waals surface area contributed by atoms with E-state index in [0.29, 0.717) is 32.4 Å². The minimum Gasteiger partial charge on any atom is -0.409 e.